The highest BCUT2D eigenvalue weighted by molar-refractivity contribution is 6.03. The number of anilines is 1. The zero-order valence-electron chi connectivity index (χ0n) is 14.6. The summed E-state index contributed by atoms with van der Waals surface area (Å²) < 4.78 is 5.25. The first-order chi connectivity index (χ1) is 10.7. The van der Waals surface area contributed by atoms with Gasteiger partial charge in [0.15, 0.2) is 0 Å². The molecule has 0 unspecified atom stereocenters. The van der Waals surface area contributed by atoms with Crippen molar-refractivity contribution in [2.75, 3.05) is 11.9 Å². The third kappa shape index (κ3) is 5.90. The van der Waals surface area contributed by atoms with E-state index in [1.165, 1.54) is 0 Å². The molecule has 4 N–H and O–H groups in total. The minimum Gasteiger partial charge on any atom is -0.444 e. The molecule has 0 aromatic heterocycles. The molecule has 0 aliphatic heterocycles. The molecule has 0 aliphatic carbocycles. The Bertz CT molecular complexity index is 577. The van der Waals surface area contributed by atoms with Crippen molar-refractivity contribution >= 4 is 17.7 Å². The number of carbonyl (C=O) groups is 2. The van der Waals surface area contributed by atoms with Crippen LogP contribution >= 0.6 is 0 Å². The van der Waals surface area contributed by atoms with Gasteiger partial charge in [-0.1, -0.05) is 6.92 Å². The van der Waals surface area contributed by atoms with Gasteiger partial charge in [-0.05, 0) is 57.4 Å². The fraction of sp³-hybridized carbons (Fsp3) is 0.529. The lowest BCUT2D eigenvalue weighted by Gasteiger charge is -2.21. The predicted molar refractivity (Wildman–Crippen MR) is 91.6 cm³/mol. The van der Waals surface area contributed by atoms with E-state index in [9.17, 15) is 9.59 Å². The Morgan fingerprint density at radius 2 is 1.91 bits per heavy atom. The molecule has 1 aromatic carbocycles. The molecule has 6 nitrogen and oxygen atoms in total. The molecule has 1 rings (SSSR count). The van der Waals surface area contributed by atoms with Crippen LogP contribution in [0.3, 0.4) is 0 Å². The number of nitrogens with one attached hydrogen (secondary N) is 2. The number of hydrogen-bond acceptors (Lipinski definition) is 4. The molecule has 0 bridgehead atoms. The van der Waals surface area contributed by atoms with Gasteiger partial charge in [0.25, 0.3) is 5.91 Å². The molecule has 0 fully saturated rings. The maximum absolute atomic E-state index is 12.3. The van der Waals surface area contributed by atoms with E-state index in [2.05, 4.69) is 10.6 Å². The molecule has 0 saturated carbocycles. The van der Waals surface area contributed by atoms with Gasteiger partial charge in [-0.25, -0.2) is 4.79 Å². The number of carbonyl (C=O) groups excluding carboxylic acids is 2. The number of nitrogens with two attached hydrogens (primary N) is 1. The highest BCUT2D eigenvalue weighted by Gasteiger charge is 2.20. The Labute approximate surface area is 137 Å². The molecule has 0 radical (unpaired) electrons. The summed E-state index contributed by atoms with van der Waals surface area (Å²) in [5.41, 5.74) is 7.67. The molecular formula is C17H27N3O3. The minimum atomic E-state index is -0.610. The molecule has 128 valence electrons. The van der Waals surface area contributed by atoms with Gasteiger partial charge in [-0.15, -0.1) is 0 Å². The Morgan fingerprint density at radius 3 is 2.43 bits per heavy atom. The van der Waals surface area contributed by atoms with E-state index in [4.69, 9.17) is 10.5 Å². The maximum atomic E-state index is 12.3. The van der Waals surface area contributed by atoms with Crippen molar-refractivity contribution in [3.8, 4) is 0 Å². The second-order valence-electron chi connectivity index (χ2n) is 6.41. The summed E-state index contributed by atoms with van der Waals surface area (Å²) in [4.78, 5) is 24.3. The van der Waals surface area contributed by atoms with E-state index in [0.717, 1.165) is 17.5 Å². The largest absolute Gasteiger partial charge is 0.444 e. The maximum Gasteiger partial charge on any atom is 0.412 e. The van der Waals surface area contributed by atoms with Gasteiger partial charge in [0.2, 0.25) is 0 Å². The van der Waals surface area contributed by atoms with Crippen LogP contribution in [0.5, 0.6) is 0 Å². The van der Waals surface area contributed by atoms with Crippen molar-refractivity contribution in [2.45, 2.75) is 53.2 Å². The number of aryl methyl sites for hydroxylation is 1. The van der Waals surface area contributed by atoms with Gasteiger partial charge >= 0.3 is 6.09 Å². The molecule has 0 heterocycles. The molecule has 6 heteroatoms. The molecule has 0 spiro atoms. The summed E-state index contributed by atoms with van der Waals surface area (Å²) in [7, 11) is 0. The first kappa shape index (κ1) is 19.0. The Hall–Kier alpha value is -2.08. The van der Waals surface area contributed by atoms with Crippen LogP contribution in [0.25, 0.3) is 0 Å². The highest BCUT2D eigenvalue weighted by Crippen LogP contribution is 2.22. The summed E-state index contributed by atoms with van der Waals surface area (Å²) in [5.74, 6) is -0.243. The van der Waals surface area contributed by atoms with Gasteiger partial charge < -0.3 is 15.8 Å². The van der Waals surface area contributed by atoms with Crippen LogP contribution in [-0.2, 0) is 11.3 Å². The van der Waals surface area contributed by atoms with Crippen molar-refractivity contribution in [1.82, 2.24) is 5.32 Å². The molecule has 2 amide bonds. The molecular weight excluding hydrogens is 294 g/mol. The molecule has 0 saturated heterocycles. The normalized spacial score (nSPS) is 11.0. The second kappa shape index (κ2) is 7.97. The van der Waals surface area contributed by atoms with Gasteiger partial charge in [0, 0.05) is 13.1 Å². The average molecular weight is 321 g/mol. The Balaban J connectivity index is 3.10. The minimum absolute atomic E-state index is 0.243. The quantitative estimate of drug-likeness (QED) is 0.777. The van der Waals surface area contributed by atoms with E-state index in [1.54, 1.807) is 32.9 Å². The SMILES string of the molecule is CCCNC(=O)c1cc(CN)c(C)cc1NC(=O)OC(C)(C)C. The topological polar surface area (TPSA) is 93.5 Å². The number of ether oxygens (including phenoxy) is 1. The Morgan fingerprint density at radius 1 is 1.26 bits per heavy atom. The lowest BCUT2D eigenvalue weighted by molar-refractivity contribution is 0.0636. The van der Waals surface area contributed by atoms with E-state index in [-0.39, 0.29) is 5.91 Å². The van der Waals surface area contributed by atoms with Crippen molar-refractivity contribution < 1.29 is 14.3 Å². The van der Waals surface area contributed by atoms with E-state index in [0.29, 0.717) is 24.3 Å². The Kier molecular flexibility index (Phi) is 6.57. The summed E-state index contributed by atoms with van der Waals surface area (Å²) in [6.45, 7) is 10.1. The first-order valence-electron chi connectivity index (χ1n) is 7.79. The van der Waals surface area contributed by atoms with Crippen molar-refractivity contribution in [3.63, 3.8) is 0 Å². The number of hydrogen-bond donors (Lipinski definition) is 3. The summed E-state index contributed by atoms with van der Waals surface area (Å²) in [6.07, 6.45) is 0.234. The number of benzene rings is 1. The number of rotatable bonds is 5. The van der Waals surface area contributed by atoms with Crippen molar-refractivity contribution in [3.05, 3.63) is 28.8 Å². The fourth-order valence-electron chi connectivity index (χ4n) is 2.01. The van der Waals surface area contributed by atoms with Gasteiger partial charge in [-0.2, -0.15) is 0 Å². The van der Waals surface area contributed by atoms with E-state index < -0.39 is 11.7 Å². The molecule has 0 atom stereocenters. The summed E-state index contributed by atoms with van der Waals surface area (Å²) in [6, 6.07) is 3.46. The smallest absolute Gasteiger partial charge is 0.412 e. The third-order valence-corrected chi connectivity index (χ3v) is 3.11. The fourth-order valence-corrected chi connectivity index (χ4v) is 2.01. The van der Waals surface area contributed by atoms with Crippen LogP contribution in [0.4, 0.5) is 10.5 Å². The van der Waals surface area contributed by atoms with Crippen LogP contribution in [0.15, 0.2) is 12.1 Å². The van der Waals surface area contributed by atoms with E-state index >= 15 is 0 Å². The van der Waals surface area contributed by atoms with E-state index in [1.807, 2.05) is 13.8 Å². The van der Waals surface area contributed by atoms with Gasteiger partial charge in [0.05, 0.1) is 11.3 Å². The first-order valence-corrected chi connectivity index (χ1v) is 7.79. The monoisotopic (exact) mass is 321 g/mol. The molecule has 0 aliphatic rings. The number of amides is 2. The standard InChI is InChI=1S/C17H27N3O3/c1-6-7-19-15(21)13-9-12(10-18)11(2)8-14(13)20-16(22)23-17(3,4)5/h8-9H,6-7,10,18H2,1-5H3,(H,19,21)(H,20,22). The van der Waals surface area contributed by atoms with Crippen LogP contribution < -0.4 is 16.4 Å². The van der Waals surface area contributed by atoms with Crippen molar-refractivity contribution in [1.29, 1.82) is 0 Å². The predicted octanol–water partition coefficient (Wildman–Crippen LogP) is 2.94. The van der Waals surface area contributed by atoms with Gasteiger partial charge in [-0.3, -0.25) is 10.1 Å². The lowest BCUT2D eigenvalue weighted by atomic mass is 10.0. The van der Waals surface area contributed by atoms with Gasteiger partial charge in [0.1, 0.15) is 5.60 Å². The van der Waals surface area contributed by atoms with Crippen LogP contribution in [0.2, 0.25) is 0 Å². The second-order valence-corrected chi connectivity index (χ2v) is 6.41. The van der Waals surface area contributed by atoms with Crippen LogP contribution in [0.1, 0.15) is 55.6 Å². The molecule has 23 heavy (non-hydrogen) atoms. The molecule has 1 aromatic rings. The van der Waals surface area contributed by atoms with Crippen LogP contribution in [-0.4, -0.2) is 24.1 Å². The zero-order valence-corrected chi connectivity index (χ0v) is 14.6. The summed E-state index contributed by atoms with van der Waals surface area (Å²) in [5, 5.41) is 5.46. The zero-order chi connectivity index (χ0) is 17.6. The average Bonchev–Trinajstić information content (AvgIpc) is 2.42. The van der Waals surface area contributed by atoms with Crippen molar-refractivity contribution in [2.24, 2.45) is 5.73 Å². The third-order valence-electron chi connectivity index (χ3n) is 3.11. The highest BCUT2D eigenvalue weighted by atomic mass is 16.6. The summed E-state index contributed by atoms with van der Waals surface area (Å²) >= 11 is 0. The lowest BCUT2D eigenvalue weighted by Crippen LogP contribution is -2.29. The van der Waals surface area contributed by atoms with Crippen LogP contribution in [0, 0.1) is 6.92 Å².